The first-order chi connectivity index (χ1) is 15.1. The summed E-state index contributed by atoms with van der Waals surface area (Å²) < 4.78 is 11.9. The number of methoxy groups -OCH3 is 1. The number of pyridine rings is 1. The van der Waals surface area contributed by atoms with Gasteiger partial charge in [0.15, 0.2) is 0 Å². The highest BCUT2D eigenvalue weighted by molar-refractivity contribution is 5.93. The van der Waals surface area contributed by atoms with Crippen molar-refractivity contribution in [3.8, 4) is 0 Å². The van der Waals surface area contributed by atoms with Crippen LogP contribution in [0.15, 0.2) is 55.0 Å². The van der Waals surface area contributed by atoms with Gasteiger partial charge in [-0.3, -0.25) is 14.3 Å². The number of nitrogens with zero attached hydrogens (tertiary/aromatic N) is 2. The lowest BCUT2D eigenvalue weighted by Gasteiger charge is -2.26. The van der Waals surface area contributed by atoms with Crippen molar-refractivity contribution in [3.05, 3.63) is 66.1 Å². The van der Waals surface area contributed by atoms with Crippen LogP contribution in [0.5, 0.6) is 0 Å². The number of aromatic nitrogens is 2. The molecule has 0 aliphatic heterocycles. The summed E-state index contributed by atoms with van der Waals surface area (Å²) in [6.45, 7) is 6.69. The number of ether oxygens (including phenoxy) is 2. The second-order valence-corrected chi connectivity index (χ2v) is 8.42. The summed E-state index contributed by atoms with van der Waals surface area (Å²) in [7, 11) is 1.27. The molecule has 1 N–H and O–H groups in total. The van der Waals surface area contributed by atoms with Gasteiger partial charge in [0, 0.05) is 30.6 Å². The standard InChI is InChI=1S/C24H27N3O5/c1-15(28)26-21(22(29)31-5)20(16-9-7-6-8-10-16)18-14-27(23(30)32-24(2,3)4)19-13-25-12-11-17(18)19/h6-14,20-21H,1-5H3,(H,26,28)/t20-,21-/m0/s1. The van der Waals surface area contributed by atoms with Crippen LogP contribution in [0.4, 0.5) is 4.79 Å². The van der Waals surface area contributed by atoms with E-state index in [-0.39, 0.29) is 5.91 Å². The first-order valence-electron chi connectivity index (χ1n) is 10.2. The van der Waals surface area contributed by atoms with Gasteiger partial charge in [0.25, 0.3) is 0 Å². The van der Waals surface area contributed by atoms with Crippen molar-refractivity contribution in [1.82, 2.24) is 14.9 Å². The molecule has 32 heavy (non-hydrogen) atoms. The van der Waals surface area contributed by atoms with E-state index >= 15 is 0 Å². The average molecular weight is 437 g/mol. The third kappa shape index (κ3) is 4.96. The van der Waals surface area contributed by atoms with E-state index in [0.717, 1.165) is 5.56 Å². The molecule has 1 aromatic carbocycles. The molecule has 0 fully saturated rings. The fourth-order valence-electron chi connectivity index (χ4n) is 3.65. The summed E-state index contributed by atoms with van der Waals surface area (Å²) in [5.41, 5.74) is 1.27. The van der Waals surface area contributed by atoms with E-state index in [4.69, 9.17) is 9.47 Å². The van der Waals surface area contributed by atoms with Crippen LogP contribution in [0, 0.1) is 0 Å². The number of hydrogen-bond acceptors (Lipinski definition) is 6. The minimum atomic E-state index is -1.01. The van der Waals surface area contributed by atoms with Crippen LogP contribution in [0.2, 0.25) is 0 Å². The van der Waals surface area contributed by atoms with Crippen molar-refractivity contribution in [2.45, 2.75) is 45.3 Å². The third-order valence-electron chi connectivity index (χ3n) is 4.87. The van der Waals surface area contributed by atoms with Gasteiger partial charge in [0.2, 0.25) is 5.91 Å². The highest BCUT2D eigenvalue weighted by Crippen LogP contribution is 2.35. The molecule has 3 aromatic rings. The van der Waals surface area contributed by atoms with Gasteiger partial charge in [-0.15, -0.1) is 0 Å². The first kappa shape index (κ1) is 23.0. The molecule has 2 aromatic heterocycles. The quantitative estimate of drug-likeness (QED) is 0.612. The summed E-state index contributed by atoms with van der Waals surface area (Å²) in [5, 5.41) is 3.42. The molecule has 3 rings (SSSR count). The third-order valence-corrected chi connectivity index (χ3v) is 4.87. The van der Waals surface area contributed by atoms with E-state index < -0.39 is 29.6 Å². The maximum absolute atomic E-state index is 12.9. The van der Waals surface area contributed by atoms with Gasteiger partial charge in [-0.1, -0.05) is 30.3 Å². The highest BCUT2D eigenvalue weighted by Gasteiger charge is 2.35. The molecule has 0 aliphatic carbocycles. The van der Waals surface area contributed by atoms with Crippen molar-refractivity contribution < 1.29 is 23.9 Å². The van der Waals surface area contributed by atoms with E-state index in [9.17, 15) is 14.4 Å². The molecule has 0 saturated carbocycles. The van der Waals surface area contributed by atoms with Crippen LogP contribution in [0.3, 0.4) is 0 Å². The maximum atomic E-state index is 12.9. The van der Waals surface area contributed by atoms with Crippen LogP contribution in [0.1, 0.15) is 44.7 Å². The Hall–Kier alpha value is -3.68. The van der Waals surface area contributed by atoms with Gasteiger partial charge in [-0.25, -0.2) is 9.59 Å². The fraction of sp³-hybridized carbons (Fsp3) is 0.333. The van der Waals surface area contributed by atoms with Crippen molar-refractivity contribution >= 4 is 28.9 Å². The summed E-state index contributed by atoms with van der Waals surface area (Å²) in [6, 6.07) is 10.0. The Morgan fingerprint density at radius 2 is 1.78 bits per heavy atom. The van der Waals surface area contributed by atoms with E-state index in [1.165, 1.54) is 18.6 Å². The number of esters is 1. The number of benzene rings is 1. The number of rotatable bonds is 5. The van der Waals surface area contributed by atoms with Gasteiger partial charge in [-0.2, -0.15) is 0 Å². The Morgan fingerprint density at radius 1 is 1.09 bits per heavy atom. The Morgan fingerprint density at radius 3 is 2.38 bits per heavy atom. The summed E-state index contributed by atoms with van der Waals surface area (Å²) in [4.78, 5) is 41.8. The van der Waals surface area contributed by atoms with Crippen molar-refractivity contribution in [3.63, 3.8) is 0 Å². The number of carbonyl (C=O) groups is 3. The molecule has 0 bridgehead atoms. The molecule has 2 atom stereocenters. The fourth-order valence-corrected chi connectivity index (χ4v) is 3.65. The normalized spacial score (nSPS) is 13.3. The van der Waals surface area contributed by atoms with Crippen LogP contribution in [-0.4, -0.2) is 46.3 Å². The Balaban J connectivity index is 2.25. The number of carbonyl (C=O) groups excluding carboxylic acids is 3. The monoisotopic (exact) mass is 437 g/mol. The highest BCUT2D eigenvalue weighted by atomic mass is 16.6. The minimum absolute atomic E-state index is 0.376. The van der Waals surface area contributed by atoms with Crippen LogP contribution in [-0.2, 0) is 19.1 Å². The molecule has 1 amide bonds. The maximum Gasteiger partial charge on any atom is 0.419 e. The summed E-state index contributed by atoms with van der Waals surface area (Å²) >= 11 is 0. The van der Waals surface area contributed by atoms with E-state index in [2.05, 4.69) is 10.3 Å². The van der Waals surface area contributed by atoms with Gasteiger partial charge in [-0.05, 0) is 38.0 Å². The van der Waals surface area contributed by atoms with E-state index in [1.807, 2.05) is 30.3 Å². The lowest BCUT2D eigenvalue weighted by Crippen LogP contribution is -2.45. The zero-order chi connectivity index (χ0) is 23.5. The Kier molecular flexibility index (Phi) is 6.62. The second-order valence-electron chi connectivity index (χ2n) is 8.42. The largest absolute Gasteiger partial charge is 0.467 e. The van der Waals surface area contributed by atoms with Gasteiger partial charge in [0.05, 0.1) is 18.8 Å². The molecular weight excluding hydrogens is 410 g/mol. The molecule has 0 unspecified atom stereocenters. The predicted octanol–water partition coefficient (Wildman–Crippen LogP) is 3.63. The molecule has 0 saturated heterocycles. The molecule has 0 radical (unpaired) electrons. The minimum Gasteiger partial charge on any atom is -0.467 e. The number of fused-ring (bicyclic) bond motifs is 1. The molecular formula is C24H27N3O5. The predicted molar refractivity (Wildman–Crippen MR) is 119 cm³/mol. The number of nitrogens with one attached hydrogen (secondary N) is 1. The van der Waals surface area contributed by atoms with Gasteiger partial charge >= 0.3 is 12.1 Å². The average Bonchev–Trinajstić information content (AvgIpc) is 3.12. The van der Waals surface area contributed by atoms with Crippen LogP contribution >= 0.6 is 0 Å². The van der Waals surface area contributed by atoms with Crippen molar-refractivity contribution in [1.29, 1.82) is 0 Å². The van der Waals surface area contributed by atoms with Crippen molar-refractivity contribution in [2.75, 3.05) is 7.11 Å². The molecule has 8 nitrogen and oxygen atoms in total. The zero-order valence-electron chi connectivity index (χ0n) is 18.8. The zero-order valence-corrected chi connectivity index (χ0v) is 18.8. The first-order valence-corrected chi connectivity index (χ1v) is 10.2. The topological polar surface area (TPSA) is 99.5 Å². The SMILES string of the molecule is COC(=O)[C@@H](NC(C)=O)[C@@H](c1ccccc1)c1cn(C(=O)OC(C)(C)C)c2cnccc12. The van der Waals surface area contributed by atoms with E-state index in [1.54, 1.807) is 45.4 Å². The molecule has 2 heterocycles. The van der Waals surface area contributed by atoms with Crippen LogP contribution in [0.25, 0.3) is 10.9 Å². The van der Waals surface area contributed by atoms with Crippen molar-refractivity contribution in [2.24, 2.45) is 0 Å². The van der Waals surface area contributed by atoms with E-state index in [0.29, 0.717) is 16.5 Å². The lowest BCUT2D eigenvalue weighted by molar-refractivity contribution is -0.145. The molecule has 168 valence electrons. The Labute approximate surface area is 186 Å². The second kappa shape index (κ2) is 9.21. The molecule has 0 spiro atoms. The summed E-state index contributed by atoms with van der Waals surface area (Å²) in [5.74, 6) is -1.60. The molecule has 8 heteroatoms. The van der Waals surface area contributed by atoms with Gasteiger partial charge in [0.1, 0.15) is 11.6 Å². The van der Waals surface area contributed by atoms with Gasteiger partial charge < -0.3 is 14.8 Å². The van der Waals surface area contributed by atoms with Crippen LogP contribution < -0.4 is 5.32 Å². The summed E-state index contributed by atoms with van der Waals surface area (Å²) in [6.07, 6.45) is 4.24. The number of hydrogen-bond donors (Lipinski definition) is 1. The lowest BCUT2D eigenvalue weighted by atomic mass is 9.84. The molecule has 0 aliphatic rings. The smallest absolute Gasteiger partial charge is 0.419 e. The number of amides is 1. The Bertz CT molecular complexity index is 1130.